The lowest BCUT2D eigenvalue weighted by atomic mass is 10.3. The highest BCUT2D eigenvalue weighted by molar-refractivity contribution is 6.30. The van der Waals surface area contributed by atoms with Crippen LogP contribution in [0, 0.1) is 17.5 Å². The third-order valence-corrected chi connectivity index (χ3v) is 4.04. The van der Waals surface area contributed by atoms with E-state index in [2.05, 4.69) is 15.6 Å². The van der Waals surface area contributed by atoms with Crippen molar-refractivity contribution in [3.05, 3.63) is 69.2 Å². The van der Waals surface area contributed by atoms with Gasteiger partial charge in [0, 0.05) is 31.3 Å². The van der Waals surface area contributed by atoms with Gasteiger partial charge in [0.25, 0.3) is 5.56 Å². The summed E-state index contributed by atoms with van der Waals surface area (Å²) in [6.45, 7) is 0. The SMILES string of the molecule is CNc1nc(Oc2cc(F)c(F)c(F)c2)n(-c2ccc(Cl)cc2)c(=O)c1NC. The van der Waals surface area contributed by atoms with Gasteiger partial charge >= 0.3 is 6.01 Å². The number of hydrogen-bond acceptors (Lipinski definition) is 5. The van der Waals surface area contributed by atoms with Crippen LogP contribution in [-0.2, 0) is 0 Å². The molecule has 2 N–H and O–H groups in total. The molecule has 1 aromatic heterocycles. The van der Waals surface area contributed by atoms with E-state index in [0.29, 0.717) is 22.8 Å². The van der Waals surface area contributed by atoms with E-state index in [9.17, 15) is 18.0 Å². The molecule has 0 fully saturated rings. The minimum absolute atomic E-state index is 0.140. The van der Waals surface area contributed by atoms with E-state index in [4.69, 9.17) is 16.3 Å². The van der Waals surface area contributed by atoms with E-state index in [0.717, 1.165) is 4.57 Å². The lowest BCUT2D eigenvalue weighted by molar-refractivity contribution is 0.400. The van der Waals surface area contributed by atoms with Gasteiger partial charge in [0.15, 0.2) is 23.3 Å². The molecule has 0 saturated carbocycles. The molecule has 10 heteroatoms. The number of ether oxygens (including phenoxy) is 1. The summed E-state index contributed by atoms with van der Waals surface area (Å²) in [7, 11) is 3.08. The summed E-state index contributed by atoms with van der Waals surface area (Å²) in [5.41, 5.74) is -0.0531. The monoisotopic (exact) mass is 410 g/mol. The molecule has 0 bridgehead atoms. The summed E-state index contributed by atoms with van der Waals surface area (Å²) in [5.74, 6) is -4.72. The van der Waals surface area contributed by atoms with Crippen LogP contribution in [0.5, 0.6) is 11.8 Å². The Morgan fingerprint density at radius 3 is 2.18 bits per heavy atom. The van der Waals surface area contributed by atoms with Gasteiger partial charge in [0.05, 0.1) is 5.69 Å². The number of nitrogens with zero attached hydrogens (tertiary/aromatic N) is 2. The number of rotatable bonds is 5. The molecule has 0 radical (unpaired) electrons. The molecule has 28 heavy (non-hydrogen) atoms. The van der Waals surface area contributed by atoms with Crippen molar-refractivity contribution in [3.8, 4) is 17.4 Å². The van der Waals surface area contributed by atoms with Crippen LogP contribution in [0.15, 0.2) is 41.2 Å². The first kappa shape index (κ1) is 19.6. The zero-order chi connectivity index (χ0) is 20.4. The molecule has 0 atom stereocenters. The first-order chi connectivity index (χ1) is 13.3. The number of benzene rings is 2. The Kier molecular flexibility index (Phi) is 5.46. The van der Waals surface area contributed by atoms with Crippen LogP contribution in [0.2, 0.25) is 5.02 Å². The molecule has 146 valence electrons. The Morgan fingerprint density at radius 1 is 1.04 bits per heavy atom. The average Bonchev–Trinajstić information content (AvgIpc) is 2.67. The predicted molar refractivity (Wildman–Crippen MR) is 100 cm³/mol. The number of nitrogens with one attached hydrogen (secondary N) is 2. The Balaban J connectivity index is 2.22. The normalized spacial score (nSPS) is 10.6. The highest BCUT2D eigenvalue weighted by atomic mass is 35.5. The molecule has 0 aliphatic heterocycles. The van der Waals surface area contributed by atoms with Gasteiger partial charge in [-0.15, -0.1) is 0 Å². The smallest absolute Gasteiger partial charge is 0.311 e. The van der Waals surface area contributed by atoms with Crippen LogP contribution < -0.4 is 20.9 Å². The minimum Gasteiger partial charge on any atom is -0.425 e. The molecule has 3 rings (SSSR count). The maximum atomic E-state index is 13.5. The van der Waals surface area contributed by atoms with Crippen LogP contribution in [0.3, 0.4) is 0 Å². The Bertz CT molecular complexity index is 1060. The van der Waals surface area contributed by atoms with Gasteiger partial charge in [0.1, 0.15) is 11.4 Å². The fourth-order valence-electron chi connectivity index (χ4n) is 2.49. The summed E-state index contributed by atoms with van der Waals surface area (Å²) >= 11 is 5.89. The van der Waals surface area contributed by atoms with Crippen LogP contribution in [0.1, 0.15) is 0 Å². The van der Waals surface area contributed by atoms with Gasteiger partial charge in [0.2, 0.25) is 0 Å². The van der Waals surface area contributed by atoms with Crippen LogP contribution in [-0.4, -0.2) is 23.6 Å². The lowest BCUT2D eigenvalue weighted by Crippen LogP contribution is -2.25. The van der Waals surface area contributed by atoms with Crippen molar-refractivity contribution in [2.75, 3.05) is 24.7 Å². The van der Waals surface area contributed by atoms with E-state index in [-0.39, 0.29) is 23.3 Å². The molecule has 6 nitrogen and oxygen atoms in total. The molecule has 0 amide bonds. The summed E-state index contributed by atoms with van der Waals surface area (Å²) < 4.78 is 46.8. The highest BCUT2D eigenvalue weighted by Crippen LogP contribution is 2.28. The lowest BCUT2D eigenvalue weighted by Gasteiger charge is -2.17. The maximum absolute atomic E-state index is 13.5. The molecular formula is C18H14ClF3N4O2. The van der Waals surface area contributed by atoms with Crippen molar-refractivity contribution in [2.24, 2.45) is 0 Å². The Hall–Kier alpha value is -3.20. The summed E-state index contributed by atoms with van der Waals surface area (Å²) in [4.78, 5) is 17.2. The zero-order valence-corrected chi connectivity index (χ0v) is 15.4. The highest BCUT2D eigenvalue weighted by Gasteiger charge is 2.20. The van der Waals surface area contributed by atoms with Crippen molar-refractivity contribution in [2.45, 2.75) is 0 Å². The summed E-state index contributed by atoms with van der Waals surface area (Å²) in [6.07, 6.45) is 0. The molecule has 0 spiro atoms. The second-order valence-electron chi connectivity index (χ2n) is 5.54. The van der Waals surface area contributed by atoms with Crippen molar-refractivity contribution in [1.29, 1.82) is 0 Å². The predicted octanol–water partition coefficient (Wildman–Crippen LogP) is 4.18. The van der Waals surface area contributed by atoms with Gasteiger partial charge in [-0.2, -0.15) is 4.98 Å². The first-order valence-electron chi connectivity index (χ1n) is 7.96. The quantitative estimate of drug-likeness (QED) is 0.618. The standard InChI is InChI=1S/C18H14ClF3N4O2/c1-23-15-16(24-2)25-18(28-11-7-12(20)14(22)13(21)8-11)26(17(15)27)10-5-3-9(19)4-6-10/h3-8,23-24H,1-2H3. The molecule has 0 unspecified atom stereocenters. The van der Waals surface area contributed by atoms with Crippen molar-refractivity contribution in [1.82, 2.24) is 9.55 Å². The zero-order valence-electron chi connectivity index (χ0n) is 14.7. The summed E-state index contributed by atoms with van der Waals surface area (Å²) in [6, 6.07) is 7.21. The fraction of sp³-hybridized carbons (Fsp3) is 0.111. The molecule has 0 saturated heterocycles. The number of hydrogen-bond donors (Lipinski definition) is 2. The third kappa shape index (κ3) is 3.61. The van der Waals surface area contributed by atoms with Gasteiger partial charge in [-0.25, -0.2) is 17.7 Å². The second kappa shape index (κ2) is 7.81. The number of anilines is 2. The van der Waals surface area contributed by atoms with Crippen LogP contribution in [0.4, 0.5) is 24.7 Å². The van der Waals surface area contributed by atoms with E-state index >= 15 is 0 Å². The van der Waals surface area contributed by atoms with Gasteiger partial charge in [-0.05, 0) is 24.3 Å². The third-order valence-electron chi connectivity index (χ3n) is 3.79. The minimum atomic E-state index is -1.63. The molecular weight excluding hydrogens is 397 g/mol. The largest absolute Gasteiger partial charge is 0.425 e. The van der Waals surface area contributed by atoms with E-state index < -0.39 is 23.0 Å². The van der Waals surface area contributed by atoms with Gasteiger partial charge in [-0.3, -0.25) is 4.79 Å². The molecule has 0 aliphatic carbocycles. The molecule has 1 heterocycles. The van der Waals surface area contributed by atoms with Crippen molar-refractivity contribution in [3.63, 3.8) is 0 Å². The summed E-state index contributed by atoms with van der Waals surface area (Å²) in [5, 5.41) is 5.92. The Morgan fingerprint density at radius 2 is 1.64 bits per heavy atom. The van der Waals surface area contributed by atoms with E-state index in [1.165, 1.54) is 14.1 Å². The van der Waals surface area contributed by atoms with Gasteiger partial charge < -0.3 is 15.4 Å². The maximum Gasteiger partial charge on any atom is 0.311 e. The van der Waals surface area contributed by atoms with Crippen LogP contribution >= 0.6 is 11.6 Å². The number of halogens is 4. The average molecular weight is 411 g/mol. The van der Waals surface area contributed by atoms with Crippen LogP contribution in [0.25, 0.3) is 5.69 Å². The van der Waals surface area contributed by atoms with Crippen molar-refractivity contribution >= 4 is 23.1 Å². The molecule has 0 aliphatic rings. The van der Waals surface area contributed by atoms with E-state index in [1.54, 1.807) is 24.3 Å². The molecule has 2 aromatic carbocycles. The first-order valence-corrected chi connectivity index (χ1v) is 8.34. The van der Waals surface area contributed by atoms with Crippen molar-refractivity contribution < 1.29 is 17.9 Å². The number of aromatic nitrogens is 2. The Labute approximate surface area is 162 Å². The molecule has 3 aromatic rings. The fourth-order valence-corrected chi connectivity index (χ4v) is 2.62. The van der Waals surface area contributed by atoms with Gasteiger partial charge in [-0.1, -0.05) is 11.6 Å². The van der Waals surface area contributed by atoms with E-state index in [1.807, 2.05) is 0 Å². The second-order valence-corrected chi connectivity index (χ2v) is 5.97. The topological polar surface area (TPSA) is 68.2 Å².